The first-order valence-electron chi connectivity index (χ1n) is 5.94. The Morgan fingerprint density at radius 3 is 2.94 bits per heavy atom. The maximum Gasteiger partial charge on any atom is 0.129 e. The summed E-state index contributed by atoms with van der Waals surface area (Å²) < 4.78 is 12.4. The Morgan fingerprint density at radius 2 is 2.33 bits per heavy atom. The summed E-state index contributed by atoms with van der Waals surface area (Å²) in [4.78, 5) is 0.340. The Hall–Kier alpha value is -0.650. The Labute approximate surface area is 121 Å². The van der Waals surface area contributed by atoms with E-state index in [-0.39, 0.29) is 6.10 Å². The molecule has 1 saturated heterocycles. The summed E-state index contributed by atoms with van der Waals surface area (Å²) in [5, 5.41) is 0. The van der Waals surface area contributed by atoms with E-state index in [0.717, 1.165) is 22.9 Å². The zero-order chi connectivity index (χ0) is 13.1. The fraction of sp³-hybridized carbons (Fsp3) is 0.462. The number of rotatable bonds is 4. The standard InChI is InChI=1S/C13H16BrNO2S/c1-8-2-4-10(17-8)7-16-12-5-3-9(14)6-11(12)13(15)18/h3,5-6,8,10H,2,4,7H2,1H3,(H2,15,18). The molecule has 98 valence electrons. The molecule has 1 fully saturated rings. The van der Waals surface area contributed by atoms with Crippen molar-refractivity contribution in [3.05, 3.63) is 28.2 Å². The predicted octanol–water partition coefficient (Wildman–Crippen LogP) is 3.03. The molecule has 0 spiro atoms. The van der Waals surface area contributed by atoms with Gasteiger partial charge in [-0.1, -0.05) is 28.1 Å². The summed E-state index contributed by atoms with van der Waals surface area (Å²) in [7, 11) is 0. The van der Waals surface area contributed by atoms with Gasteiger partial charge in [0.2, 0.25) is 0 Å². The Kier molecular flexibility index (Phi) is 4.59. The molecule has 0 aliphatic carbocycles. The molecule has 2 N–H and O–H groups in total. The molecule has 2 unspecified atom stereocenters. The molecule has 0 saturated carbocycles. The van der Waals surface area contributed by atoms with Crippen molar-refractivity contribution < 1.29 is 9.47 Å². The second kappa shape index (κ2) is 5.99. The third-order valence-corrected chi connectivity index (χ3v) is 3.66. The van der Waals surface area contributed by atoms with Crippen molar-refractivity contribution in [2.24, 2.45) is 5.73 Å². The van der Waals surface area contributed by atoms with E-state index in [1.807, 2.05) is 18.2 Å². The molecule has 18 heavy (non-hydrogen) atoms. The van der Waals surface area contributed by atoms with Gasteiger partial charge in [0.15, 0.2) is 0 Å². The lowest BCUT2D eigenvalue weighted by molar-refractivity contribution is 0.0264. The van der Waals surface area contributed by atoms with Crippen molar-refractivity contribution >= 4 is 33.1 Å². The highest BCUT2D eigenvalue weighted by Crippen LogP contribution is 2.25. The number of halogens is 1. The summed E-state index contributed by atoms with van der Waals surface area (Å²) in [6.07, 6.45) is 2.64. The van der Waals surface area contributed by atoms with E-state index >= 15 is 0 Å². The van der Waals surface area contributed by atoms with Crippen LogP contribution in [0, 0.1) is 0 Å². The summed E-state index contributed by atoms with van der Waals surface area (Å²) in [5.41, 5.74) is 6.44. The van der Waals surface area contributed by atoms with Crippen LogP contribution in [0.25, 0.3) is 0 Å². The van der Waals surface area contributed by atoms with Gasteiger partial charge in [-0.05, 0) is 38.0 Å². The maximum atomic E-state index is 5.77. The molecule has 0 radical (unpaired) electrons. The molecule has 5 heteroatoms. The lowest BCUT2D eigenvalue weighted by atomic mass is 10.2. The molecule has 1 aromatic carbocycles. The smallest absolute Gasteiger partial charge is 0.129 e. The summed E-state index contributed by atoms with van der Waals surface area (Å²) in [6.45, 7) is 2.63. The normalized spacial score (nSPS) is 23.0. The molecule has 1 aromatic rings. The number of hydrogen-bond donors (Lipinski definition) is 1. The highest BCUT2D eigenvalue weighted by atomic mass is 79.9. The highest BCUT2D eigenvalue weighted by molar-refractivity contribution is 9.10. The highest BCUT2D eigenvalue weighted by Gasteiger charge is 2.22. The van der Waals surface area contributed by atoms with Crippen molar-refractivity contribution in [3.8, 4) is 5.75 Å². The number of ether oxygens (including phenoxy) is 2. The molecule has 0 amide bonds. The van der Waals surface area contributed by atoms with Crippen LogP contribution in [0.15, 0.2) is 22.7 Å². The van der Waals surface area contributed by atoms with Crippen molar-refractivity contribution in [1.82, 2.24) is 0 Å². The third-order valence-electron chi connectivity index (χ3n) is 2.95. The summed E-state index contributed by atoms with van der Waals surface area (Å²) in [6, 6.07) is 5.65. The fourth-order valence-corrected chi connectivity index (χ4v) is 2.53. The predicted molar refractivity (Wildman–Crippen MR) is 79.1 cm³/mol. The van der Waals surface area contributed by atoms with Crippen LogP contribution in [-0.4, -0.2) is 23.8 Å². The molecule has 2 atom stereocenters. The van der Waals surface area contributed by atoms with Crippen molar-refractivity contribution in [2.75, 3.05) is 6.61 Å². The van der Waals surface area contributed by atoms with Crippen LogP contribution in [0.2, 0.25) is 0 Å². The van der Waals surface area contributed by atoms with Crippen LogP contribution in [0.1, 0.15) is 25.3 Å². The van der Waals surface area contributed by atoms with Gasteiger partial charge in [0.25, 0.3) is 0 Å². The molecule has 1 aliphatic heterocycles. The minimum Gasteiger partial charge on any atom is -0.490 e. The fourth-order valence-electron chi connectivity index (χ4n) is 2.01. The van der Waals surface area contributed by atoms with Crippen LogP contribution in [-0.2, 0) is 4.74 Å². The van der Waals surface area contributed by atoms with E-state index in [1.54, 1.807) is 0 Å². The number of thiocarbonyl (C=S) groups is 1. The molecule has 1 aliphatic rings. The second-order valence-electron chi connectivity index (χ2n) is 4.46. The zero-order valence-corrected chi connectivity index (χ0v) is 12.6. The zero-order valence-electron chi connectivity index (χ0n) is 10.2. The minimum atomic E-state index is 0.169. The van der Waals surface area contributed by atoms with Gasteiger partial charge in [0.05, 0.1) is 17.8 Å². The van der Waals surface area contributed by atoms with E-state index in [0.29, 0.717) is 23.4 Å². The molecule has 2 rings (SSSR count). The lowest BCUT2D eigenvalue weighted by Gasteiger charge is -2.15. The Morgan fingerprint density at radius 1 is 1.56 bits per heavy atom. The van der Waals surface area contributed by atoms with Crippen molar-refractivity contribution in [1.29, 1.82) is 0 Å². The van der Waals surface area contributed by atoms with E-state index in [9.17, 15) is 0 Å². The quantitative estimate of drug-likeness (QED) is 0.862. The molecular weight excluding hydrogens is 314 g/mol. The molecule has 0 aromatic heterocycles. The van der Waals surface area contributed by atoms with Crippen LogP contribution in [0.5, 0.6) is 5.75 Å². The average Bonchev–Trinajstić information content (AvgIpc) is 2.73. The van der Waals surface area contributed by atoms with Crippen LogP contribution < -0.4 is 10.5 Å². The van der Waals surface area contributed by atoms with E-state index in [2.05, 4.69) is 22.9 Å². The first-order valence-corrected chi connectivity index (χ1v) is 7.14. The maximum absolute atomic E-state index is 5.77. The Bertz CT molecular complexity index is 453. The monoisotopic (exact) mass is 329 g/mol. The minimum absolute atomic E-state index is 0.169. The van der Waals surface area contributed by atoms with Gasteiger partial charge < -0.3 is 15.2 Å². The Balaban J connectivity index is 2.02. The van der Waals surface area contributed by atoms with Crippen LogP contribution >= 0.6 is 28.1 Å². The van der Waals surface area contributed by atoms with Gasteiger partial charge in [-0.25, -0.2) is 0 Å². The largest absolute Gasteiger partial charge is 0.490 e. The van der Waals surface area contributed by atoms with E-state index < -0.39 is 0 Å². The average molecular weight is 330 g/mol. The van der Waals surface area contributed by atoms with Gasteiger partial charge in [0, 0.05) is 4.47 Å². The molecule has 0 bridgehead atoms. The van der Waals surface area contributed by atoms with E-state index in [4.69, 9.17) is 27.4 Å². The summed E-state index contributed by atoms with van der Waals surface area (Å²) >= 11 is 8.42. The topological polar surface area (TPSA) is 44.5 Å². The number of hydrogen-bond acceptors (Lipinski definition) is 3. The number of nitrogens with two attached hydrogens (primary N) is 1. The summed E-state index contributed by atoms with van der Waals surface area (Å²) in [5.74, 6) is 0.717. The van der Waals surface area contributed by atoms with Gasteiger partial charge in [-0.15, -0.1) is 0 Å². The van der Waals surface area contributed by atoms with Gasteiger partial charge >= 0.3 is 0 Å². The van der Waals surface area contributed by atoms with Crippen molar-refractivity contribution in [2.45, 2.75) is 32.0 Å². The number of benzene rings is 1. The first kappa shape index (κ1) is 13.8. The van der Waals surface area contributed by atoms with Gasteiger partial charge in [-0.2, -0.15) is 0 Å². The van der Waals surface area contributed by atoms with Crippen LogP contribution in [0.4, 0.5) is 0 Å². The van der Waals surface area contributed by atoms with Crippen LogP contribution in [0.3, 0.4) is 0 Å². The first-order chi connectivity index (χ1) is 8.56. The van der Waals surface area contributed by atoms with Gasteiger partial charge in [0.1, 0.15) is 17.3 Å². The molecule has 3 nitrogen and oxygen atoms in total. The molecule has 1 heterocycles. The lowest BCUT2D eigenvalue weighted by Crippen LogP contribution is -2.19. The third kappa shape index (κ3) is 3.43. The van der Waals surface area contributed by atoms with Gasteiger partial charge in [-0.3, -0.25) is 0 Å². The molecular formula is C13H16BrNO2S. The van der Waals surface area contributed by atoms with Crippen molar-refractivity contribution in [3.63, 3.8) is 0 Å². The SMILES string of the molecule is CC1CCC(COc2ccc(Br)cc2C(N)=S)O1. The van der Waals surface area contributed by atoms with E-state index in [1.165, 1.54) is 0 Å². The second-order valence-corrected chi connectivity index (χ2v) is 5.82.